The van der Waals surface area contributed by atoms with Gasteiger partial charge in [0.1, 0.15) is 0 Å². The second-order valence-electron chi connectivity index (χ2n) is 4.42. The number of ether oxygens (including phenoxy) is 1. The third-order valence-corrected chi connectivity index (χ3v) is 3.08. The van der Waals surface area contributed by atoms with Gasteiger partial charge in [-0.25, -0.2) is 0 Å². The van der Waals surface area contributed by atoms with E-state index in [0.29, 0.717) is 0 Å². The number of rotatable bonds is 6. The number of aliphatic imine (C=N–C) groups is 1. The van der Waals surface area contributed by atoms with Crippen LogP contribution >= 0.6 is 35.7 Å². The minimum Gasteiger partial charge on any atom is -0.380 e. The minimum atomic E-state index is 0. The van der Waals surface area contributed by atoms with Gasteiger partial charge < -0.3 is 15.4 Å². The highest BCUT2D eigenvalue weighted by Gasteiger charge is 2.33. The molecule has 1 saturated heterocycles. The Morgan fingerprint density at radius 3 is 2.59 bits per heavy atom. The predicted octanol–water partition coefficient (Wildman–Crippen LogP) is 1.56. The van der Waals surface area contributed by atoms with Crippen LogP contribution in [0.2, 0.25) is 0 Å². The highest BCUT2D eigenvalue weighted by Crippen LogP contribution is 2.26. The van der Waals surface area contributed by atoms with Crippen LogP contribution in [0.1, 0.15) is 13.8 Å². The molecule has 1 aliphatic heterocycles. The first-order valence-corrected chi connectivity index (χ1v) is 7.18. The summed E-state index contributed by atoms with van der Waals surface area (Å²) in [5.41, 5.74) is 0.252. The van der Waals surface area contributed by atoms with Gasteiger partial charge >= 0.3 is 0 Å². The molecule has 17 heavy (non-hydrogen) atoms. The molecule has 6 heteroatoms. The second-order valence-corrected chi connectivity index (χ2v) is 5.40. The smallest absolute Gasteiger partial charge is 0.191 e. The van der Waals surface area contributed by atoms with Crippen molar-refractivity contribution in [1.82, 2.24) is 10.6 Å². The van der Waals surface area contributed by atoms with Crippen molar-refractivity contribution in [3.63, 3.8) is 0 Å². The van der Waals surface area contributed by atoms with Gasteiger partial charge in [-0.15, -0.1) is 24.0 Å². The monoisotopic (exact) mass is 373 g/mol. The molecule has 0 aromatic carbocycles. The zero-order chi connectivity index (χ0) is 11.9. The maximum atomic E-state index is 5.22. The fourth-order valence-electron chi connectivity index (χ4n) is 1.42. The molecular formula is C11H24IN3OS. The van der Waals surface area contributed by atoms with E-state index < -0.39 is 0 Å². The first kappa shape index (κ1) is 17.3. The lowest BCUT2D eigenvalue weighted by molar-refractivity contribution is -0.0945. The van der Waals surface area contributed by atoms with Crippen molar-refractivity contribution < 1.29 is 4.74 Å². The Labute approximate surface area is 126 Å². The zero-order valence-corrected chi connectivity index (χ0v) is 14.1. The van der Waals surface area contributed by atoms with Crippen molar-refractivity contribution in [1.29, 1.82) is 0 Å². The number of nitrogens with zero attached hydrogens (tertiary/aromatic N) is 1. The van der Waals surface area contributed by atoms with Gasteiger partial charge in [0.25, 0.3) is 0 Å². The normalized spacial score (nSPS) is 17.9. The summed E-state index contributed by atoms with van der Waals surface area (Å²) in [7, 11) is 0. The van der Waals surface area contributed by atoms with E-state index in [9.17, 15) is 0 Å². The van der Waals surface area contributed by atoms with E-state index in [1.165, 1.54) is 0 Å². The standard InChI is InChI=1S/C11H23N3OS.HI/c1-4-12-10(13-5-6-16-3)14-7-11(2)8-15-9-11;/h4-9H2,1-3H3,(H2,12,13,14);1H. The molecule has 1 aliphatic rings. The fourth-order valence-corrected chi connectivity index (χ4v) is 1.73. The number of thioether (sulfide) groups is 1. The molecule has 0 saturated carbocycles. The predicted molar refractivity (Wildman–Crippen MR) is 86.7 cm³/mol. The van der Waals surface area contributed by atoms with E-state index >= 15 is 0 Å². The summed E-state index contributed by atoms with van der Waals surface area (Å²) < 4.78 is 5.22. The molecule has 0 aromatic heterocycles. The summed E-state index contributed by atoms with van der Waals surface area (Å²) in [5.74, 6) is 2.02. The molecule has 0 unspecified atom stereocenters. The Kier molecular flexibility index (Phi) is 9.44. The highest BCUT2D eigenvalue weighted by molar-refractivity contribution is 14.0. The third kappa shape index (κ3) is 6.71. The maximum absolute atomic E-state index is 5.22. The van der Waals surface area contributed by atoms with Crippen LogP contribution in [0.25, 0.3) is 0 Å². The average molecular weight is 373 g/mol. The lowest BCUT2D eigenvalue weighted by Gasteiger charge is -2.36. The number of halogens is 1. The van der Waals surface area contributed by atoms with Crippen LogP contribution in [-0.4, -0.2) is 50.8 Å². The quantitative estimate of drug-likeness (QED) is 0.321. The lowest BCUT2D eigenvalue weighted by atomic mass is 9.89. The van der Waals surface area contributed by atoms with E-state index in [4.69, 9.17) is 4.74 Å². The number of guanidine groups is 1. The number of hydrogen-bond donors (Lipinski definition) is 2. The Hall–Kier alpha value is 0.310. The Morgan fingerprint density at radius 2 is 2.12 bits per heavy atom. The van der Waals surface area contributed by atoms with Crippen LogP contribution in [0.4, 0.5) is 0 Å². The number of hydrogen-bond acceptors (Lipinski definition) is 3. The van der Waals surface area contributed by atoms with Crippen molar-refractivity contribution in [2.24, 2.45) is 10.4 Å². The van der Waals surface area contributed by atoms with Gasteiger partial charge in [0.2, 0.25) is 0 Å². The SMILES string of the molecule is CCNC(=NCC1(C)COC1)NCCSC.I. The van der Waals surface area contributed by atoms with E-state index in [-0.39, 0.29) is 29.4 Å². The van der Waals surface area contributed by atoms with E-state index in [1.54, 1.807) is 0 Å². The van der Waals surface area contributed by atoms with Crippen molar-refractivity contribution in [2.45, 2.75) is 13.8 Å². The molecule has 102 valence electrons. The Bertz CT molecular complexity index is 235. The zero-order valence-electron chi connectivity index (χ0n) is 10.9. The second kappa shape index (κ2) is 9.27. The molecule has 0 radical (unpaired) electrons. The first-order chi connectivity index (χ1) is 7.70. The minimum absolute atomic E-state index is 0. The average Bonchev–Trinajstić information content (AvgIpc) is 2.23. The molecule has 0 amide bonds. The van der Waals surface area contributed by atoms with Crippen molar-refractivity contribution in [2.75, 3.05) is 44.9 Å². The van der Waals surface area contributed by atoms with Crippen LogP contribution in [0.3, 0.4) is 0 Å². The van der Waals surface area contributed by atoms with Gasteiger partial charge in [-0.3, -0.25) is 4.99 Å². The van der Waals surface area contributed by atoms with Crippen molar-refractivity contribution in [3.8, 4) is 0 Å². The van der Waals surface area contributed by atoms with Crippen LogP contribution in [0, 0.1) is 5.41 Å². The molecule has 0 spiro atoms. The van der Waals surface area contributed by atoms with Gasteiger partial charge in [0.05, 0.1) is 19.8 Å². The van der Waals surface area contributed by atoms with Gasteiger partial charge in [-0.05, 0) is 13.2 Å². The molecule has 0 bridgehead atoms. The molecule has 1 heterocycles. The van der Waals surface area contributed by atoms with Crippen molar-refractivity contribution >= 4 is 41.7 Å². The van der Waals surface area contributed by atoms with E-state index in [0.717, 1.165) is 44.6 Å². The van der Waals surface area contributed by atoms with Crippen molar-refractivity contribution in [3.05, 3.63) is 0 Å². The van der Waals surface area contributed by atoms with Crippen LogP contribution < -0.4 is 10.6 Å². The summed E-state index contributed by atoms with van der Waals surface area (Å²) in [6, 6.07) is 0. The summed E-state index contributed by atoms with van der Waals surface area (Å²) in [4.78, 5) is 4.58. The molecular weight excluding hydrogens is 349 g/mol. The molecule has 0 aromatic rings. The summed E-state index contributed by atoms with van der Waals surface area (Å²) in [6.45, 7) is 8.66. The molecule has 4 nitrogen and oxygen atoms in total. The Morgan fingerprint density at radius 1 is 1.41 bits per heavy atom. The van der Waals surface area contributed by atoms with Crippen LogP contribution in [0.15, 0.2) is 4.99 Å². The maximum Gasteiger partial charge on any atom is 0.191 e. The largest absolute Gasteiger partial charge is 0.380 e. The molecule has 0 aliphatic carbocycles. The first-order valence-electron chi connectivity index (χ1n) is 5.79. The fraction of sp³-hybridized carbons (Fsp3) is 0.909. The van der Waals surface area contributed by atoms with Gasteiger partial charge in [-0.2, -0.15) is 11.8 Å². The van der Waals surface area contributed by atoms with Gasteiger partial charge in [-0.1, -0.05) is 6.92 Å². The lowest BCUT2D eigenvalue weighted by Crippen LogP contribution is -2.44. The Balaban J connectivity index is 0.00000256. The summed E-state index contributed by atoms with van der Waals surface area (Å²) in [6.07, 6.45) is 2.11. The molecule has 0 atom stereocenters. The molecule has 1 rings (SSSR count). The highest BCUT2D eigenvalue weighted by atomic mass is 127. The third-order valence-electron chi connectivity index (χ3n) is 2.46. The topological polar surface area (TPSA) is 45.7 Å². The van der Waals surface area contributed by atoms with E-state index in [2.05, 4.69) is 35.7 Å². The summed E-state index contributed by atoms with van der Waals surface area (Å²) >= 11 is 1.84. The molecule has 2 N–H and O–H groups in total. The van der Waals surface area contributed by atoms with Crippen LogP contribution in [0.5, 0.6) is 0 Å². The van der Waals surface area contributed by atoms with Crippen LogP contribution in [-0.2, 0) is 4.74 Å². The number of nitrogens with one attached hydrogen (secondary N) is 2. The van der Waals surface area contributed by atoms with Gasteiger partial charge in [0.15, 0.2) is 5.96 Å². The van der Waals surface area contributed by atoms with E-state index in [1.807, 2.05) is 11.8 Å². The van der Waals surface area contributed by atoms with Gasteiger partial charge in [0, 0.05) is 24.3 Å². The molecule has 1 fully saturated rings. The summed E-state index contributed by atoms with van der Waals surface area (Å²) in [5, 5.41) is 6.57.